The molecule has 0 aliphatic carbocycles. The molecule has 2 rings (SSSR count). The first kappa shape index (κ1) is 18.0. The molecule has 0 aliphatic rings. The van der Waals surface area contributed by atoms with Crippen molar-refractivity contribution in [1.29, 1.82) is 0 Å². The van der Waals surface area contributed by atoms with Gasteiger partial charge in [-0.15, -0.1) is 0 Å². The van der Waals surface area contributed by atoms with Gasteiger partial charge in [0.25, 0.3) is 5.91 Å². The molecule has 1 N–H and O–H groups in total. The van der Waals surface area contributed by atoms with Crippen LogP contribution in [0.5, 0.6) is 5.75 Å². The number of rotatable bonds is 8. The molecule has 1 atom stereocenters. The van der Waals surface area contributed by atoms with Crippen molar-refractivity contribution < 1.29 is 14.3 Å². The van der Waals surface area contributed by atoms with Crippen molar-refractivity contribution in [3.63, 3.8) is 0 Å². The second-order valence-corrected chi connectivity index (χ2v) is 5.91. The fourth-order valence-electron chi connectivity index (χ4n) is 2.41. The maximum atomic E-state index is 12.1. The van der Waals surface area contributed by atoms with Gasteiger partial charge in [-0.05, 0) is 49.6 Å². The second-order valence-electron chi connectivity index (χ2n) is 5.91. The van der Waals surface area contributed by atoms with Crippen molar-refractivity contribution in [2.75, 3.05) is 13.2 Å². The zero-order chi connectivity index (χ0) is 17.4. The summed E-state index contributed by atoms with van der Waals surface area (Å²) in [6, 6.07) is 15.9. The number of ether oxygens (including phenoxy) is 2. The van der Waals surface area contributed by atoms with Crippen LogP contribution in [0.4, 0.5) is 0 Å². The molecule has 0 spiro atoms. The third-order valence-corrected chi connectivity index (χ3v) is 3.53. The number of carbonyl (C=O) groups is 1. The largest absolute Gasteiger partial charge is 0.481 e. The Hall–Kier alpha value is -2.33. The van der Waals surface area contributed by atoms with E-state index in [-0.39, 0.29) is 5.91 Å². The van der Waals surface area contributed by atoms with E-state index in [9.17, 15) is 4.79 Å². The standard InChI is InChI=1S/C20H25NO3/c1-15-11-16(2)13-19(12-15)24-17(3)20(22)21-9-10-23-14-18-7-5-4-6-8-18/h4-8,11-13,17H,9-10,14H2,1-3H3,(H,21,22)/t17-/m1/s1. The van der Waals surface area contributed by atoms with Crippen LogP contribution in [-0.4, -0.2) is 25.2 Å². The van der Waals surface area contributed by atoms with Gasteiger partial charge in [0.1, 0.15) is 5.75 Å². The monoisotopic (exact) mass is 327 g/mol. The molecule has 0 aliphatic heterocycles. The van der Waals surface area contributed by atoms with Crippen LogP contribution in [0.25, 0.3) is 0 Å². The van der Waals surface area contributed by atoms with E-state index in [1.165, 1.54) is 0 Å². The molecule has 4 heteroatoms. The summed E-state index contributed by atoms with van der Waals surface area (Å²) < 4.78 is 11.3. The predicted molar refractivity (Wildman–Crippen MR) is 95.1 cm³/mol. The molecule has 24 heavy (non-hydrogen) atoms. The first-order valence-electron chi connectivity index (χ1n) is 8.19. The lowest BCUT2D eigenvalue weighted by Crippen LogP contribution is -2.38. The highest BCUT2D eigenvalue weighted by Gasteiger charge is 2.14. The molecule has 0 saturated heterocycles. The van der Waals surface area contributed by atoms with Crippen molar-refractivity contribution in [3.8, 4) is 5.75 Å². The van der Waals surface area contributed by atoms with Gasteiger partial charge in [-0.25, -0.2) is 0 Å². The molecular weight excluding hydrogens is 302 g/mol. The first-order valence-corrected chi connectivity index (χ1v) is 8.19. The third kappa shape index (κ3) is 6.05. The Morgan fingerprint density at radius 3 is 2.42 bits per heavy atom. The molecule has 0 fully saturated rings. The fourth-order valence-corrected chi connectivity index (χ4v) is 2.41. The van der Waals surface area contributed by atoms with Gasteiger partial charge >= 0.3 is 0 Å². The summed E-state index contributed by atoms with van der Waals surface area (Å²) in [6.45, 7) is 7.25. The molecule has 0 radical (unpaired) electrons. The molecule has 0 saturated carbocycles. The van der Waals surface area contributed by atoms with E-state index in [1.807, 2.05) is 56.3 Å². The molecule has 0 bridgehead atoms. The highest BCUT2D eigenvalue weighted by atomic mass is 16.5. The van der Waals surface area contributed by atoms with Gasteiger partial charge in [-0.3, -0.25) is 4.79 Å². The molecule has 4 nitrogen and oxygen atoms in total. The molecule has 0 aromatic heterocycles. The minimum atomic E-state index is -0.541. The number of carbonyl (C=O) groups excluding carboxylic acids is 1. The van der Waals surface area contributed by atoms with Gasteiger partial charge in [0.15, 0.2) is 6.10 Å². The van der Waals surface area contributed by atoms with Crippen LogP contribution in [-0.2, 0) is 16.1 Å². The number of benzene rings is 2. The minimum absolute atomic E-state index is 0.141. The Morgan fingerprint density at radius 1 is 1.08 bits per heavy atom. The van der Waals surface area contributed by atoms with Gasteiger partial charge in [-0.1, -0.05) is 36.4 Å². The predicted octanol–water partition coefficient (Wildman–Crippen LogP) is 3.40. The van der Waals surface area contributed by atoms with Crippen molar-refractivity contribution >= 4 is 5.91 Å². The summed E-state index contributed by atoms with van der Waals surface area (Å²) in [6.07, 6.45) is -0.541. The summed E-state index contributed by atoms with van der Waals surface area (Å²) in [5.41, 5.74) is 3.36. The van der Waals surface area contributed by atoms with E-state index >= 15 is 0 Å². The van der Waals surface area contributed by atoms with E-state index in [4.69, 9.17) is 9.47 Å². The van der Waals surface area contributed by atoms with Crippen molar-refractivity contribution in [1.82, 2.24) is 5.32 Å². The highest BCUT2D eigenvalue weighted by Crippen LogP contribution is 2.17. The van der Waals surface area contributed by atoms with Gasteiger partial charge in [0.2, 0.25) is 0 Å². The number of amides is 1. The molecule has 2 aromatic rings. The summed E-state index contributed by atoms with van der Waals surface area (Å²) in [7, 11) is 0. The van der Waals surface area contributed by atoms with Crippen molar-refractivity contribution in [2.24, 2.45) is 0 Å². The van der Waals surface area contributed by atoms with Crippen LogP contribution in [0, 0.1) is 13.8 Å². The Kier molecular flexibility index (Phi) is 6.82. The van der Waals surface area contributed by atoms with Crippen molar-refractivity contribution in [3.05, 3.63) is 65.2 Å². The van der Waals surface area contributed by atoms with E-state index in [0.717, 1.165) is 22.4 Å². The number of aryl methyl sites for hydroxylation is 2. The summed E-state index contributed by atoms with van der Waals surface area (Å²) in [4.78, 5) is 12.1. The average molecular weight is 327 g/mol. The lowest BCUT2D eigenvalue weighted by Gasteiger charge is -2.15. The van der Waals surface area contributed by atoms with E-state index in [0.29, 0.717) is 19.8 Å². The number of nitrogens with one attached hydrogen (secondary N) is 1. The highest BCUT2D eigenvalue weighted by molar-refractivity contribution is 5.80. The molecule has 0 unspecified atom stereocenters. The van der Waals surface area contributed by atoms with Gasteiger partial charge in [-0.2, -0.15) is 0 Å². The van der Waals surface area contributed by atoms with Crippen LogP contribution in [0.15, 0.2) is 48.5 Å². The fraction of sp³-hybridized carbons (Fsp3) is 0.350. The Morgan fingerprint density at radius 2 is 1.75 bits per heavy atom. The lowest BCUT2D eigenvalue weighted by atomic mass is 10.1. The smallest absolute Gasteiger partial charge is 0.260 e. The maximum Gasteiger partial charge on any atom is 0.260 e. The Balaban J connectivity index is 1.68. The van der Waals surface area contributed by atoms with Crippen LogP contribution in [0.2, 0.25) is 0 Å². The zero-order valence-electron chi connectivity index (χ0n) is 14.5. The van der Waals surface area contributed by atoms with Gasteiger partial charge in [0, 0.05) is 6.54 Å². The minimum Gasteiger partial charge on any atom is -0.481 e. The second kappa shape index (κ2) is 9.08. The lowest BCUT2D eigenvalue weighted by molar-refractivity contribution is -0.127. The molecule has 1 amide bonds. The Bertz CT molecular complexity index is 635. The quantitative estimate of drug-likeness (QED) is 0.756. The van der Waals surface area contributed by atoms with Crippen LogP contribution < -0.4 is 10.1 Å². The molecule has 0 heterocycles. The molecule has 128 valence electrons. The zero-order valence-corrected chi connectivity index (χ0v) is 14.5. The van der Waals surface area contributed by atoms with Crippen LogP contribution in [0.1, 0.15) is 23.6 Å². The maximum absolute atomic E-state index is 12.1. The van der Waals surface area contributed by atoms with Crippen molar-refractivity contribution in [2.45, 2.75) is 33.5 Å². The summed E-state index contributed by atoms with van der Waals surface area (Å²) in [5.74, 6) is 0.577. The SMILES string of the molecule is Cc1cc(C)cc(O[C@H](C)C(=O)NCCOCc2ccccc2)c1. The van der Waals surface area contributed by atoms with E-state index < -0.39 is 6.10 Å². The normalized spacial score (nSPS) is 11.8. The molecule has 2 aromatic carbocycles. The topological polar surface area (TPSA) is 47.6 Å². The van der Waals surface area contributed by atoms with Crippen LogP contribution in [0.3, 0.4) is 0 Å². The summed E-state index contributed by atoms with van der Waals surface area (Å²) >= 11 is 0. The van der Waals surface area contributed by atoms with Gasteiger partial charge < -0.3 is 14.8 Å². The summed E-state index contributed by atoms with van der Waals surface area (Å²) in [5, 5.41) is 2.83. The third-order valence-electron chi connectivity index (χ3n) is 3.53. The first-order chi connectivity index (χ1) is 11.5. The number of hydrogen-bond acceptors (Lipinski definition) is 3. The van der Waals surface area contributed by atoms with Gasteiger partial charge in [0.05, 0.1) is 13.2 Å². The van der Waals surface area contributed by atoms with Crippen LogP contribution >= 0.6 is 0 Å². The molecular formula is C20H25NO3. The van der Waals surface area contributed by atoms with E-state index in [2.05, 4.69) is 11.4 Å². The number of hydrogen-bond donors (Lipinski definition) is 1. The van der Waals surface area contributed by atoms with E-state index in [1.54, 1.807) is 6.92 Å². The average Bonchev–Trinajstić information content (AvgIpc) is 2.54. The Labute approximate surface area is 143 Å².